The van der Waals surface area contributed by atoms with E-state index in [9.17, 15) is 13.2 Å². The normalized spacial score (nSPS) is 19.4. The molecule has 5 nitrogen and oxygen atoms in total. The van der Waals surface area contributed by atoms with Gasteiger partial charge in [-0.05, 0) is 49.9 Å². The van der Waals surface area contributed by atoms with Gasteiger partial charge in [0.25, 0.3) is 0 Å². The summed E-state index contributed by atoms with van der Waals surface area (Å²) in [7, 11) is -3.72. The van der Waals surface area contributed by atoms with Crippen molar-refractivity contribution < 1.29 is 13.2 Å². The largest absolute Gasteiger partial charge is 0.355 e. The van der Waals surface area contributed by atoms with E-state index in [2.05, 4.69) is 5.32 Å². The molecule has 0 bridgehead atoms. The minimum absolute atomic E-state index is 0.176. The molecule has 0 aliphatic carbocycles. The fourth-order valence-electron chi connectivity index (χ4n) is 2.70. The molecule has 1 aliphatic heterocycles. The molecule has 1 amide bonds. The van der Waals surface area contributed by atoms with E-state index in [4.69, 9.17) is 11.6 Å². The van der Waals surface area contributed by atoms with Gasteiger partial charge in [0, 0.05) is 18.1 Å². The van der Waals surface area contributed by atoms with Crippen LogP contribution in [0.15, 0.2) is 29.2 Å². The van der Waals surface area contributed by atoms with Gasteiger partial charge in [0.15, 0.2) is 0 Å². The first kappa shape index (κ1) is 18.2. The highest BCUT2D eigenvalue weighted by atomic mass is 35.5. The van der Waals surface area contributed by atoms with Crippen molar-refractivity contribution in [2.45, 2.75) is 50.0 Å². The molecule has 1 aromatic carbocycles. The number of benzene rings is 1. The summed E-state index contributed by atoms with van der Waals surface area (Å²) in [5, 5.41) is 3.30. The van der Waals surface area contributed by atoms with Gasteiger partial charge in [0.2, 0.25) is 15.9 Å². The van der Waals surface area contributed by atoms with Crippen LogP contribution in [-0.2, 0) is 14.8 Å². The van der Waals surface area contributed by atoms with Gasteiger partial charge in [-0.3, -0.25) is 4.79 Å². The molecule has 1 atom stereocenters. The minimum atomic E-state index is -3.72. The Morgan fingerprint density at radius 3 is 2.61 bits per heavy atom. The van der Waals surface area contributed by atoms with Crippen LogP contribution < -0.4 is 5.32 Å². The predicted molar refractivity (Wildman–Crippen MR) is 90.9 cm³/mol. The second kappa shape index (κ2) is 8.13. The molecule has 1 aromatic rings. The van der Waals surface area contributed by atoms with Gasteiger partial charge in [-0.2, -0.15) is 4.31 Å². The Kier molecular flexibility index (Phi) is 6.44. The van der Waals surface area contributed by atoms with Gasteiger partial charge in [-0.25, -0.2) is 8.42 Å². The van der Waals surface area contributed by atoms with Gasteiger partial charge < -0.3 is 5.32 Å². The quantitative estimate of drug-likeness (QED) is 0.850. The highest BCUT2D eigenvalue weighted by Crippen LogP contribution is 2.24. The summed E-state index contributed by atoms with van der Waals surface area (Å²) in [5.74, 6) is -0.198. The first-order chi connectivity index (χ1) is 11.0. The third-order valence-corrected chi connectivity index (χ3v) is 6.18. The Labute approximate surface area is 143 Å². The average Bonchev–Trinajstić information content (AvgIpc) is 2.73. The number of unbranched alkanes of at least 4 members (excludes halogenated alkanes) is 1. The summed E-state index contributed by atoms with van der Waals surface area (Å²) in [6.07, 6.45) is 3.85. The van der Waals surface area contributed by atoms with Gasteiger partial charge in [-0.1, -0.05) is 24.9 Å². The van der Waals surface area contributed by atoms with Crippen molar-refractivity contribution in [1.29, 1.82) is 0 Å². The zero-order valence-corrected chi connectivity index (χ0v) is 14.9. The third-order valence-electron chi connectivity index (χ3n) is 4.01. The third kappa shape index (κ3) is 4.46. The molecule has 128 valence electrons. The van der Waals surface area contributed by atoms with Crippen molar-refractivity contribution in [3.8, 4) is 0 Å². The van der Waals surface area contributed by atoms with E-state index in [0.29, 0.717) is 24.5 Å². The SMILES string of the molecule is CCCCN(C1CCCCNC1=O)S(=O)(=O)c1ccc(Cl)cc1. The Morgan fingerprint density at radius 1 is 1.26 bits per heavy atom. The van der Waals surface area contributed by atoms with E-state index < -0.39 is 16.1 Å². The molecule has 23 heavy (non-hydrogen) atoms. The molecule has 1 saturated heterocycles. The van der Waals surface area contributed by atoms with Crippen LogP contribution in [0.4, 0.5) is 0 Å². The minimum Gasteiger partial charge on any atom is -0.355 e. The molecule has 0 saturated carbocycles. The van der Waals surface area contributed by atoms with E-state index in [1.807, 2.05) is 6.92 Å². The van der Waals surface area contributed by atoms with Crippen molar-refractivity contribution in [3.05, 3.63) is 29.3 Å². The number of carbonyl (C=O) groups is 1. The number of nitrogens with one attached hydrogen (secondary N) is 1. The molecule has 7 heteroatoms. The molecule has 0 spiro atoms. The number of hydrogen-bond donors (Lipinski definition) is 1. The van der Waals surface area contributed by atoms with Crippen LogP contribution in [0.25, 0.3) is 0 Å². The first-order valence-corrected chi connectivity index (χ1v) is 9.83. The maximum atomic E-state index is 13.0. The summed E-state index contributed by atoms with van der Waals surface area (Å²) in [4.78, 5) is 12.5. The Hall–Kier alpha value is -1.11. The summed E-state index contributed by atoms with van der Waals surface area (Å²) in [6.45, 7) is 2.96. The molecular weight excluding hydrogens is 336 g/mol. The fraction of sp³-hybridized carbons (Fsp3) is 0.562. The second-order valence-electron chi connectivity index (χ2n) is 5.73. The molecule has 1 aliphatic rings. The molecule has 0 aromatic heterocycles. The lowest BCUT2D eigenvalue weighted by molar-refractivity contribution is -0.124. The monoisotopic (exact) mass is 358 g/mol. The highest BCUT2D eigenvalue weighted by Gasteiger charge is 2.35. The molecule has 2 rings (SSSR count). The maximum Gasteiger partial charge on any atom is 0.243 e. The smallest absolute Gasteiger partial charge is 0.243 e. The molecule has 1 fully saturated rings. The van der Waals surface area contributed by atoms with Crippen molar-refractivity contribution in [2.24, 2.45) is 0 Å². The standard InChI is InChI=1S/C16H23ClN2O3S/c1-2-3-12-19(15-6-4-5-11-18-16(15)20)23(21,22)14-9-7-13(17)8-10-14/h7-10,15H,2-6,11-12H2,1H3,(H,18,20). The van der Waals surface area contributed by atoms with Crippen LogP contribution in [0.3, 0.4) is 0 Å². The zero-order valence-electron chi connectivity index (χ0n) is 13.3. The van der Waals surface area contributed by atoms with Crippen LogP contribution in [-0.4, -0.2) is 37.8 Å². The second-order valence-corrected chi connectivity index (χ2v) is 8.05. The predicted octanol–water partition coefficient (Wildman–Crippen LogP) is 2.80. The number of hydrogen-bond acceptors (Lipinski definition) is 3. The molecule has 1 heterocycles. The van der Waals surface area contributed by atoms with Crippen molar-refractivity contribution in [2.75, 3.05) is 13.1 Å². The molecule has 1 unspecified atom stereocenters. The topological polar surface area (TPSA) is 66.5 Å². The van der Waals surface area contributed by atoms with E-state index in [1.54, 1.807) is 12.1 Å². The summed E-state index contributed by atoms with van der Waals surface area (Å²) < 4.78 is 27.4. The lowest BCUT2D eigenvalue weighted by Crippen LogP contribution is -2.48. The van der Waals surface area contributed by atoms with E-state index >= 15 is 0 Å². The van der Waals surface area contributed by atoms with Crippen LogP contribution >= 0.6 is 11.6 Å². The Bertz CT molecular complexity index is 631. The fourth-order valence-corrected chi connectivity index (χ4v) is 4.48. The van der Waals surface area contributed by atoms with Crippen LogP contribution in [0, 0.1) is 0 Å². The average molecular weight is 359 g/mol. The van der Waals surface area contributed by atoms with E-state index in [0.717, 1.165) is 25.7 Å². The Morgan fingerprint density at radius 2 is 1.96 bits per heavy atom. The van der Waals surface area contributed by atoms with Crippen LogP contribution in [0.5, 0.6) is 0 Å². The van der Waals surface area contributed by atoms with Crippen molar-refractivity contribution in [3.63, 3.8) is 0 Å². The van der Waals surface area contributed by atoms with Crippen LogP contribution in [0.1, 0.15) is 39.0 Å². The molecular formula is C16H23ClN2O3S. The van der Waals surface area contributed by atoms with Gasteiger partial charge in [-0.15, -0.1) is 0 Å². The van der Waals surface area contributed by atoms with Crippen molar-refractivity contribution >= 4 is 27.5 Å². The lowest BCUT2D eigenvalue weighted by atomic mass is 10.1. The number of rotatable bonds is 6. The van der Waals surface area contributed by atoms with Gasteiger partial charge in [0.1, 0.15) is 6.04 Å². The first-order valence-electron chi connectivity index (χ1n) is 8.02. The van der Waals surface area contributed by atoms with E-state index in [-0.39, 0.29) is 10.8 Å². The number of halogens is 1. The van der Waals surface area contributed by atoms with Gasteiger partial charge in [0.05, 0.1) is 4.90 Å². The highest BCUT2D eigenvalue weighted by molar-refractivity contribution is 7.89. The number of amides is 1. The summed E-state index contributed by atoms with van der Waals surface area (Å²) in [5.41, 5.74) is 0. The lowest BCUT2D eigenvalue weighted by Gasteiger charge is -2.29. The molecule has 1 N–H and O–H groups in total. The number of carbonyl (C=O) groups excluding carboxylic acids is 1. The Balaban J connectivity index is 2.35. The zero-order chi connectivity index (χ0) is 16.9. The number of nitrogens with zero attached hydrogens (tertiary/aromatic N) is 1. The van der Waals surface area contributed by atoms with E-state index in [1.165, 1.54) is 16.4 Å². The van der Waals surface area contributed by atoms with Crippen LogP contribution in [0.2, 0.25) is 5.02 Å². The van der Waals surface area contributed by atoms with Gasteiger partial charge >= 0.3 is 0 Å². The summed E-state index contributed by atoms with van der Waals surface area (Å²) in [6, 6.07) is 5.46. The number of sulfonamides is 1. The summed E-state index contributed by atoms with van der Waals surface area (Å²) >= 11 is 5.85. The maximum absolute atomic E-state index is 13.0. The molecule has 0 radical (unpaired) electrons. The van der Waals surface area contributed by atoms with Crippen molar-refractivity contribution in [1.82, 2.24) is 9.62 Å².